The van der Waals surface area contributed by atoms with Gasteiger partial charge in [-0.15, -0.1) is 0 Å². The minimum atomic E-state index is -0.359. The molecular formula is C18H19NO3. The third-order valence-electron chi connectivity index (χ3n) is 3.58. The van der Waals surface area contributed by atoms with Gasteiger partial charge >= 0.3 is 0 Å². The number of aliphatic hydroxyl groups is 1. The monoisotopic (exact) mass is 297 g/mol. The second-order valence-electron chi connectivity index (χ2n) is 5.15. The Morgan fingerprint density at radius 1 is 1.00 bits per heavy atom. The summed E-state index contributed by atoms with van der Waals surface area (Å²) in [6.07, 6.45) is 0. The van der Waals surface area contributed by atoms with Crippen LogP contribution in [0.15, 0.2) is 42.5 Å². The van der Waals surface area contributed by atoms with Gasteiger partial charge in [0.25, 0.3) is 5.91 Å². The molecule has 2 rings (SSSR count). The predicted molar refractivity (Wildman–Crippen MR) is 85.2 cm³/mol. The minimum absolute atomic E-state index is 0.140. The summed E-state index contributed by atoms with van der Waals surface area (Å²) in [6, 6.07) is 12.2. The zero-order valence-electron chi connectivity index (χ0n) is 12.7. The maximum Gasteiger partial charge on any atom is 0.252 e. The molecule has 0 bridgehead atoms. The zero-order valence-corrected chi connectivity index (χ0v) is 12.7. The van der Waals surface area contributed by atoms with Crippen molar-refractivity contribution in [2.75, 3.05) is 13.2 Å². The fourth-order valence-corrected chi connectivity index (χ4v) is 2.18. The Morgan fingerprint density at radius 3 is 2.32 bits per heavy atom. The average Bonchev–Trinajstić information content (AvgIpc) is 2.54. The van der Waals surface area contributed by atoms with Crippen LogP contribution >= 0.6 is 0 Å². The number of rotatable bonds is 5. The molecule has 0 heterocycles. The van der Waals surface area contributed by atoms with Crippen LogP contribution in [-0.2, 0) is 0 Å². The van der Waals surface area contributed by atoms with E-state index in [0.29, 0.717) is 16.7 Å². The highest BCUT2D eigenvalue weighted by Crippen LogP contribution is 2.17. The largest absolute Gasteiger partial charge is 0.395 e. The minimum Gasteiger partial charge on any atom is -0.395 e. The van der Waals surface area contributed by atoms with E-state index in [9.17, 15) is 9.59 Å². The van der Waals surface area contributed by atoms with E-state index in [1.54, 1.807) is 30.3 Å². The molecule has 0 aliphatic carbocycles. The van der Waals surface area contributed by atoms with Gasteiger partial charge in [0.15, 0.2) is 5.78 Å². The van der Waals surface area contributed by atoms with E-state index < -0.39 is 0 Å². The van der Waals surface area contributed by atoms with Gasteiger partial charge in [0.2, 0.25) is 0 Å². The third kappa shape index (κ3) is 3.40. The van der Waals surface area contributed by atoms with Gasteiger partial charge in [0.1, 0.15) is 0 Å². The predicted octanol–water partition coefficient (Wildman–Crippen LogP) is 2.26. The summed E-state index contributed by atoms with van der Waals surface area (Å²) in [5.41, 5.74) is 3.39. The quantitative estimate of drug-likeness (QED) is 0.832. The van der Waals surface area contributed by atoms with Crippen LogP contribution in [0.4, 0.5) is 0 Å². The van der Waals surface area contributed by atoms with Crippen molar-refractivity contribution >= 4 is 11.7 Å². The highest BCUT2D eigenvalue weighted by molar-refractivity contribution is 6.15. The first-order valence-corrected chi connectivity index (χ1v) is 7.14. The summed E-state index contributed by atoms with van der Waals surface area (Å²) in [6.45, 7) is 3.95. The molecule has 0 aliphatic rings. The van der Waals surface area contributed by atoms with Crippen molar-refractivity contribution in [3.63, 3.8) is 0 Å². The Morgan fingerprint density at radius 2 is 1.68 bits per heavy atom. The highest BCUT2D eigenvalue weighted by atomic mass is 16.3. The molecule has 0 atom stereocenters. The Kier molecular flexibility index (Phi) is 5.07. The Labute approximate surface area is 129 Å². The van der Waals surface area contributed by atoms with Gasteiger partial charge in [-0.2, -0.15) is 0 Å². The van der Waals surface area contributed by atoms with Crippen molar-refractivity contribution < 1.29 is 14.7 Å². The molecule has 0 unspecified atom stereocenters. The molecule has 114 valence electrons. The van der Waals surface area contributed by atoms with Crippen LogP contribution in [0.3, 0.4) is 0 Å². The normalized spacial score (nSPS) is 10.3. The molecule has 0 saturated carbocycles. The fraction of sp³-hybridized carbons (Fsp3) is 0.222. The number of carbonyl (C=O) groups is 2. The molecule has 2 aromatic carbocycles. The first-order valence-electron chi connectivity index (χ1n) is 7.14. The maximum absolute atomic E-state index is 12.7. The van der Waals surface area contributed by atoms with Crippen LogP contribution in [0.2, 0.25) is 0 Å². The summed E-state index contributed by atoms with van der Waals surface area (Å²) in [4.78, 5) is 24.8. The van der Waals surface area contributed by atoms with E-state index >= 15 is 0 Å². The Balaban J connectivity index is 2.37. The van der Waals surface area contributed by atoms with Gasteiger partial charge in [0.05, 0.1) is 12.2 Å². The molecule has 1 amide bonds. The van der Waals surface area contributed by atoms with Crippen LogP contribution in [-0.4, -0.2) is 29.9 Å². The Hall–Kier alpha value is -2.46. The molecule has 2 aromatic rings. The highest BCUT2D eigenvalue weighted by Gasteiger charge is 2.18. The maximum atomic E-state index is 12.7. The molecule has 0 aromatic heterocycles. The smallest absolute Gasteiger partial charge is 0.252 e. The number of carbonyl (C=O) groups excluding carboxylic acids is 2. The number of aryl methyl sites for hydroxylation is 2. The lowest BCUT2D eigenvalue weighted by Crippen LogP contribution is -2.28. The first kappa shape index (κ1) is 15.9. The van der Waals surface area contributed by atoms with E-state index in [0.717, 1.165) is 11.1 Å². The van der Waals surface area contributed by atoms with Crippen molar-refractivity contribution in [1.29, 1.82) is 0 Å². The molecule has 4 nitrogen and oxygen atoms in total. The SMILES string of the molecule is Cc1ccc(C(=O)c2ccccc2C(=O)NCCO)cc1C. The van der Waals surface area contributed by atoms with E-state index in [-0.39, 0.29) is 24.8 Å². The van der Waals surface area contributed by atoms with Gasteiger partial charge in [-0.3, -0.25) is 9.59 Å². The van der Waals surface area contributed by atoms with Gasteiger partial charge in [-0.05, 0) is 37.1 Å². The second kappa shape index (κ2) is 7.00. The van der Waals surface area contributed by atoms with Crippen molar-refractivity contribution in [1.82, 2.24) is 5.32 Å². The Bertz CT molecular complexity index is 707. The topological polar surface area (TPSA) is 66.4 Å². The number of hydrogen-bond acceptors (Lipinski definition) is 3. The van der Waals surface area contributed by atoms with E-state index in [4.69, 9.17) is 5.11 Å². The van der Waals surface area contributed by atoms with Crippen molar-refractivity contribution in [3.05, 3.63) is 70.3 Å². The lowest BCUT2D eigenvalue weighted by atomic mass is 9.95. The molecule has 0 radical (unpaired) electrons. The number of aliphatic hydroxyl groups excluding tert-OH is 1. The molecular weight excluding hydrogens is 278 g/mol. The van der Waals surface area contributed by atoms with Gasteiger partial charge in [-0.25, -0.2) is 0 Å². The summed E-state index contributed by atoms with van der Waals surface area (Å²) >= 11 is 0. The second-order valence-corrected chi connectivity index (χ2v) is 5.15. The molecule has 0 saturated heterocycles. The standard InChI is InChI=1S/C18H19NO3/c1-12-7-8-14(11-13(12)2)17(21)15-5-3-4-6-16(15)18(22)19-9-10-20/h3-8,11,20H,9-10H2,1-2H3,(H,19,22). The van der Waals surface area contributed by atoms with E-state index in [1.807, 2.05) is 26.0 Å². The van der Waals surface area contributed by atoms with E-state index in [2.05, 4.69) is 5.32 Å². The van der Waals surface area contributed by atoms with Crippen LogP contribution in [0.5, 0.6) is 0 Å². The zero-order chi connectivity index (χ0) is 16.1. The fourth-order valence-electron chi connectivity index (χ4n) is 2.18. The molecule has 0 aliphatic heterocycles. The van der Waals surface area contributed by atoms with Gasteiger partial charge < -0.3 is 10.4 Å². The molecule has 0 spiro atoms. The molecule has 2 N–H and O–H groups in total. The van der Waals surface area contributed by atoms with Crippen molar-refractivity contribution in [2.45, 2.75) is 13.8 Å². The van der Waals surface area contributed by atoms with Crippen LogP contribution < -0.4 is 5.32 Å². The average molecular weight is 297 g/mol. The third-order valence-corrected chi connectivity index (χ3v) is 3.58. The molecule has 22 heavy (non-hydrogen) atoms. The number of hydrogen-bond donors (Lipinski definition) is 2. The van der Waals surface area contributed by atoms with Crippen LogP contribution in [0.1, 0.15) is 37.4 Å². The first-order chi connectivity index (χ1) is 10.5. The van der Waals surface area contributed by atoms with E-state index in [1.165, 1.54) is 0 Å². The summed E-state index contributed by atoms with van der Waals surface area (Å²) in [5.74, 6) is -0.542. The van der Waals surface area contributed by atoms with Crippen LogP contribution in [0.25, 0.3) is 0 Å². The number of nitrogens with one attached hydrogen (secondary N) is 1. The summed E-state index contributed by atoms with van der Waals surface area (Å²) in [7, 11) is 0. The van der Waals surface area contributed by atoms with Crippen molar-refractivity contribution in [2.24, 2.45) is 0 Å². The van der Waals surface area contributed by atoms with Gasteiger partial charge in [-0.1, -0.05) is 30.3 Å². The lowest BCUT2D eigenvalue weighted by Gasteiger charge is -2.10. The summed E-state index contributed by atoms with van der Waals surface area (Å²) < 4.78 is 0. The van der Waals surface area contributed by atoms with Crippen LogP contribution in [0, 0.1) is 13.8 Å². The number of benzene rings is 2. The van der Waals surface area contributed by atoms with Crippen molar-refractivity contribution in [3.8, 4) is 0 Å². The van der Waals surface area contributed by atoms with Gasteiger partial charge in [0, 0.05) is 17.7 Å². The lowest BCUT2D eigenvalue weighted by molar-refractivity contribution is 0.0934. The summed E-state index contributed by atoms with van der Waals surface area (Å²) in [5, 5.41) is 11.4. The molecule has 4 heteroatoms. The molecule has 0 fully saturated rings. The number of ketones is 1. The number of amides is 1.